The number of aryl methyl sites for hydroxylation is 4. The molecule has 0 aliphatic rings. The summed E-state index contributed by atoms with van der Waals surface area (Å²) < 4.78 is 0. The van der Waals surface area contributed by atoms with Crippen LogP contribution in [-0.2, 0) is 30.5 Å². The third-order valence-corrected chi connectivity index (χ3v) is 8.38. The van der Waals surface area contributed by atoms with Gasteiger partial charge in [0.1, 0.15) is 0 Å². The van der Waals surface area contributed by atoms with Gasteiger partial charge in [-0.25, -0.2) is 0 Å². The van der Waals surface area contributed by atoms with Gasteiger partial charge in [-0.05, 0) is 81.0 Å². The van der Waals surface area contributed by atoms with Crippen LogP contribution in [0.25, 0.3) is 0 Å². The van der Waals surface area contributed by atoms with Gasteiger partial charge in [0.2, 0.25) is 0 Å². The number of carboxylic acid groups (broad SMARTS) is 1. The molecule has 0 radical (unpaired) electrons. The Hall–Kier alpha value is -1.83. The maximum Gasteiger partial charge on any atom is 0.306 e. The van der Waals surface area contributed by atoms with Gasteiger partial charge in [0.15, 0.2) is 10.9 Å². The number of carboxylic acids is 1. The van der Waals surface area contributed by atoms with Crippen LogP contribution in [0.2, 0.25) is 0 Å². The second-order valence-corrected chi connectivity index (χ2v) is 12.5. The van der Waals surface area contributed by atoms with E-state index < -0.39 is 5.97 Å². The minimum atomic E-state index is -0.760. The Morgan fingerprint density at radius 1 is 0.824 bits per heavy atom. The number of unbranched alkanes of at least 4 members (excludes halogenated alkanes) is 2. The highest BCUT2D eigenvalue weighted by molar-refractivity contribution is 7.12. The van der Waals surface area contributed by atoms with E-state index in [0.717, 1.165) is 77.3 Å². The van der Waals surface area contributed by atoms with E-state index in [-0.39, 0.29) is 28.8 Å². The van der Waals surface area contributed by atoms with Crippen LogP contribution in [0.1, 0.15) is 78.8 Å². The molecule has 2 aromatic rings. The number of carbonyl (C=O) groups is 1. The molecular weight excluding hydrogens is 468 g/mol. The highest BCUT2D eigenvalue weighted by Gasteiger charge is 2.15. The van der Waals surface area contributed by atoms with Gasteiger partial charge in [-0.1, -0.05) is 33.6 Å². The van der Waals surface area contributed by atoms with Gasteiger partial charge in [0.25, 0.3) is 0 Å². The van der Waals surface area contributed by atoms with Gasteiger partial charge in [0.05, 0.1) is 5.92 Å². The standard InChI is InChI=1S/C27H38O5S2/c1-19(26(31)32)8-4-5-9-22-14-20(29)16-24(33-22)11-12-25-17-21(30)15-23(34-25)10-6-7-13-27(2,3)18-28/h14-17,19,28H,4-13,18H2,1-3H3,(H,31,32). The predicted octanol–water partition coefficient (Wildman–Crippen LogP) is 5.48. The minimum Gasteiger partial charge on any atom is -0.481 e. The summed E-state index contributed by atoms with van der Waals surface area (Å²) in [4.78, 5) is 39.5. The minimum absolute atomic E-state index is 0.00963. The predicted molar refractivity (Wildman–Crippen MR) is 141 cm³/mol. The van der Waals surface area contributed by atoms with Crippen LogP contribution >= 0.6 is 22.7 Å². The lowest BCUT2D eigenvalue weighted by atomic mass is 9.88. The monoisotopic (exact) mass is 506 g/mol. The fraction of sp³-hybridized carbons (Fsp3) is 0.593. The lowest BCUT2D eigenvalue weighted by Crippen LogP contribution is -2.16. The molecule has 5 nitrogen and oxygen atoms in total. The quantitative estimate of drug-likeness (QED) is 0.312. The molecule has 0 spiro atoms. The third kappa shape index (κ3) is 10.6. The molecule has 0 amide bonds. The van der Waals surface area contributed by atoms with Crippen molar-refractivity contribution in [2.75, 3.05) is 6.61 Å². The van der Waals surface area contributed by atoms with Crippen molar-refractivity contribution in [3.8, 4) is 0 Å². The van der Waals surface area contributed by atoms with E-state index in [1.54, 1.807) is 53.9 Å². The largest absolute Gasteiger partial charge is 0.481 e. The molecule has 0 saturated carbocycles. The number of aliphatic hydroxyl groups is 1. The van der Waals surface area contributed by atoms with E-state index in [9.17, 15) is 19.5 Å². The van der Waals surface area contributed by atoms with Crippen LogP contribution in [0.5, 0.6) is 0 Å². The summed E-state index contributed by atoms with van der Waals surface area (Å²) in [6, 6.07) is 6.82. The third-order valence-electron chi connectivity index (χ3n) is 6.04. The van der Waals surface area contributed by atoms with Crippen LogP contribution in [0.4, 0.5) is 0 Å². The number of aliphatic hydroxyl groups excluding tert-OH is 1. The first kappa shape index (κ1) is 28.4. The van der Waals surface area contributed by atoms with E-state index in [0.29, 0.717) is 6.42 Å². The molecule has 0 aliphatic heterocycles. The van der Waals surface area contributed by atoms with Crippen molar-refractivity contribution < 1.29 is 15.0 Å². The Kier molecular flexibility index (Phi) is 11.6. The fourth-order valence-electron chi connectivity index (χ4n) is 3.77. The Balaban J connectivity index is 1.90. The topological polar surface area (TPSA) is 91.7 Å². The molecule has 7 heteroatoms. The first-order valence-corrected chi connectivity index (χ1v) is 13.8. The van der Waals surface area contributed by atoms with Crippen molar-refractivity contribution in [3.05, 3.63) is 64.2 Å². The number of hydrogen-bond donors (Lipinski definition) is 2. The van der Waals surface area contributed by atoms with E-state index in [1.807, 2.05) is 0 Å². The van der Waals surface area contributed by atoms with E-state index >= 15 is 0 Å². The molecule has 188 valence electrons. The van der Waals surface area contributed by atoms with Crippen molar-refractivity contribution in [3.63, 3.8) is 0 Å². The molecular formula is C27H38O5S2. The van der Waals surface area contributed by atoms with Crippen molar-refractivity contribution >= 4 is 28.6 Å². The summed E-state index contributed by atoms with van der Waals surface area (Å²) in [7, 11) is 0. The summed E-state index contributed by atoms with van der Waals surface area (Å²) in [5.41, 5.74) is -0.00510. The summed E-state index contributed by atoms with van der Waals surface area (Å²) in [6.45, 7) is 6.04. The fourth-order valence-corrected chi connectivity index (χ4v) is 6.04. The summed E-state index contributed by atoms with van der Waals surface area (Å²) in [5.74, 6) is -1.09. The van der Waals surface area contributed by atoms with Gasteiger partial charge in [-0.2, -0.15) is 0 Å². The molecule has 0 fully saturated rings. The first-order valence-electron chi connectivity index (χ1n) is 12.2. The smallest absolute Gasteiger partial charge is 0.306 e. The lowest BCUT2D eigenvalue weighted by molar-refractivity contribution is -0.141. The zero-order valence-electron chi connectivity index (χ0n) is 20.6. The molecule has 34 heavy (non-hydrogen) atoms. The van der Waals surface area contributed by atoms with Crippen LogP contribution in [0.3, 0.4) is 0 Å². The van der Waals surface area contributed by atoms with E-state index in [2.05, 4.69) is 13.8 Å². The maximum atomic E-state index is 12.2. The first-order chi connectivity index (χ1) is 16.1. The molecule has 2 aromatic heterocycles. The van der Waals surface area contributed by atoms with E-state index in [1.165, 1.54) is 0 Å². The Bertz CT molecular complexity index is 1040. The number of rotatable bonds is 15. The van der Waals surface area contributed by atoms with Crippen molar-refractivity contribution in [2.45, 2.75) is 85.0 Å². The molecule has 0 aromatic carbocycles. The van der Waals surface area contributed by atoms with Gasteiger partial charge in [-0.15, -0.1) is 22.7 Å². The highest BCUT2D eigenvalue weighted by atomic mass is 32.1. The zero-order chi connectivity index (χ0) is 25.1. The molecule has 0 aliphatic carbocycles. The van der Waals surface area contributed by atoms with E-state index in [4.69, 9.17) is 5.11 Å². The van der Waals surface area contributed by atoms with Gasteiger partial charge in [0, 0.05) is 26.1 Å². The van der Waals surface area contributed by atoms with Crippen LogP contribution in [-0.4, -0.2) is 22.8 Å². The van der Waals surface area contributed by atoms with Crippen molar-refractivity contribution in [1.29, 1.82) is 0 Å². The average molecular weight is 507 g/mol. The van der Waals surface area contributed by atoms with Gasteiger partial charge < -0.3 is 10.2 Å². The molecule has 1 unspecified atom stereocenters. The average Bonchev–Trinajstić information content (AvgIpc) is 2.77. The van der Waals surface area contributed by atoms with Crippen molar-refractivity contribution in [2.24, 2.45) is 11.3 Å². The molecule has 2 heterocycles. The summed E-state index contributed by atoms with van der Waals surface area (Å²) in [5, 5.41) is 18.4. The molecule has 1 atom stereocenters. The second-order valence-electron chi connectivity index (χ2n) is 9.97. The van der Waals surface area contributed by atoms with Crippen LogP contribution in [0, 0.1) is 11.3 Å². The lowest BCUT2D eigenvalue weighted by Gasteiger charge is -2.20. The summed E-state index contributed by atoms with van der Waals surface area (Å²) in [6.07, 6.45) is 8.47. The second kappa shape index (κ2) is 13.9. The van der Waals surface area contributed by atoms with Crippen molar-refractivity contribution in [1.82, 2.24) is 0 Å². The van der Waals surface area contributed by atoms with Crippen LogP contribution < -0.4 is 10.9 Å². The molecule has 2 N–H and O–H groups in total. The normalized spacial score (nSPS) is 12.6. The number of hydrogen-bond acceptors (Lipinski definition) is 6. The summed E-state index contributed by atoms with van der Waals surface area (Å²) >= 11 is 3.32. The molecule has 0 saturated heterocycles. The highest BCUT2D eigenvalue weighted by Crippen LogP contribution is 2.24. The number of aliphatic carboxylic acids is 1. The molecule has 2 rings (SSSR count). The van der Waals surface area contributed by atoms with Gasteiger partial charge in [-0.3, -0.25) is 14.4 Å². The Labute approximate surface area is 210 Å². The van der Waals surface area contributed by atoms with Crippen LogP contribution in [0.15, 0.2) is 33.9 Å². The Morgan fingerprint density at radius 3 is 1.71 bits per heavy atom. The SMILES string of the molecule is CC(CCCCc1cc(=O)cc(CCc2cc(=O)cc(CCCCC(C)(C)CO)s2)s1)C(=O)O. The zero-order valence-corrected chi connectivity index (χ0v) is 22.2. The Morgan fingerprint density at radius 2 is 1.26 bits per heavy atom. The molecule has 0 bridgehead atoms. The maximum absolute atomic E-state index is 12.2. The van der Waals surface area contributed by atoms with Gasteiger partial charge >= 0.3 is 5.97 Å².